The third-order valence-electron chi connectivity index (χ3n) is 1.81. The molecule has 0 saturated carbocycles. The van der Waals surface area contributed by atoms with Crippen LogP contribution < -0.4 is 5.73 Å². The third-order valence-corrected chi connectivity index (χ3v) is 2.85. The molecule has 1 aromatic heterocycles. The van der Waals surface area contributed by atoms with E-state index in [1.165, 1.54) is 6.07 Å². The van der Waals surface area contributed by atoms with Crippen LogP contribution in [0.25, 0.3) is 10.1 Å². The van der Waals surface area contributed by atoms with Crippen molar-refractivity contribution in [3.8, 4) is 6.07 Å². The lowest BCUT2D eigenvalue weighted by Gasteiger charge is -1.89. The third kappa shape index (κ3) is 1.05. The lowest BCUT2D eigenvalue weighted by atomic mass is 10.2. The van der Waals surface area contributed by atoms with Crippen LogP contribution in [0, 0.1) is 17.1 Å². The molecule has 0 amide bonds. The molecule has 2 nitrogen and oxygen atoms in total. The Morgan fingerprint density at radius 3 is 2.92 bits per heavy atom. The van der Waals surface area contributed by atoms with Gasteiger partial charge in [0.15, 0.2) is 0 Å². The predicted molar refractivity (Wildman–Crippen MR) is 50.9 cm³/mol. The summed E-state index contributed by atoms with van der Waals surface area (Å²) >= 11 is 1.11. The van der Waals surface area contributed by atoms with Crippen LogP contribution in [0.5, 0.6) is 0 Å². The van der Waals surface area contributed by atoms with Crippen molar-refractivity contribution in [1.29, 1.82) is 5.26 Å². The topological polar surface area (TPSA) is 49.8 Å². The molecule has 0 aliphatic heterocycles. The van der Waals surface area contributed by atoms with E-state index < -0.39 is 0 Å². The molecule has 0 atom stereocenters. The number of fused-ring (bicyclic) bond motifs is 1. The Kier molecular flexibility index (Phi) is 1.67. The number of thiophene rings is 1. The molecule has 0 bridgehead atoms. The molecule has 13 heavy (non-hydrogen) atoms. The number of nitriles is 1. The zero-order valence-corrected chi connectivity index (χ0v) is 7.36. The monoisotopic (exact) mass is 192 g/mol. The lowest BCUT2D eigenvalue weighted by Crippen LogP contribution is -1.81. The Morgan fingerprint density at radius 1 is 1.46 bits per heavy atom. The maximum Gasteiger partial charge on any atom is 0.141 e. The van der Waals surface area contributed by atoms with Crippen molar-refractivity contribution in [1.82, 2.24) is 0 Å². The quantitative estimate of drug-likeness (QED) is 0.697. The van der Waals surface area contributed by atoms with Gasteiger partial charge in [0, 0.05) is 5.39 Å². The number of nitrogen functional groups attached to an aromatic ring is 1. The highest BCUT2D eigenvalue weighted by molar-refractivity contribution is 7.23. The molecule has 2 N–H and O–H groups in total. The van der Waals surface area contributed by atoms with E-state index in [4.69, 9.17) is 11.0 Å². The second kappa shape index (κ2) is 2.71. The van der Waals surface area contributed by atoms with Gasteiger partial charge in [-0.1, -0.05) is 12.1 Å². The maximum atomic E-state index is 13.2. The number of nitrogens with zero attached hydrogens (tertiary/aromatic N) is 1. The summed E-state index contributed by atoms with van der Waals surface area (Å²) in [6, 6.07) is 6.60. The number of anilines is 1. The highest BCUT2D eigenvalue weighted by Crippen LogP contribution is 2.34. The van der Waals surface area contributed by atoms with Crippen LogP contribution in [0.15, 0.2) is 18.2 Å². The van der Waals surface area contributed by atoms with Gasteiger partial charge in [-0.2, -0.15) is 5.26 Å². The minimum atomic E-state index is -0.323. The fourth-order valence-corrected chi connectivity index (χ4v) is 2.14. The molecular weight excluding hydrogens is 187 g/mol. The number of halogens is 1. The average Bonchev–Trinajstić information content (AvgIpc) is 2.43. The van der Waals surface area contributed by atoms with Crippen LogP contribution in [0.1, 0.15) is 5.56 Å². The van der Waals surface area contributed by atoms with Gasteiger partial charge < -0.3 is 5.73 Å². The van der Waals surface area contributed by atoms with Crippen molar-refractivity contribution in [3.63, 3.8) is 0 Å². The van der Waals surface area contributed by atoms with Crippen molar-refractivity contribution >= 4 is 26.4 Å². The van der Waals surface area contributed by atoms with Gasteiger partial charge in [-0.3, -0.25) is 0 Å². The molecule has 1 aromatic carbocycles. The molecular formula is C9H5FN2S. The summed E-state index contributed by atoms with van der Waals surface area (Å²) in [6.07, 6.45) is 0. The maximum absolute atomic E-state index is 13.2. The van der Waals surface area contributed by atoms with Crippen LogP contribution in [-0.2, 0) is 0 Å². The standard InChI is InChI=1S/C9H5FN2S/c10-7-3-1-2-5-6(4-11)9(12)13-8(5)7/h1-3H,12H2. The van der Waals surface area contributed by atoms with Gasteiger partial charge in [0.25, 0.3) is 0 Å². The molecule has 64 valence electrons. The van der Waals surface area contributed by atoms with Gasteiger partial charge in [0.1, 0.15) is 16.9 Å². The van der Waals surface area contributed by atoms with Crippen molar-refractivity contribution in [2.75, 3.05) is 5.73 Å². The van der Waals surface area contributed by atoms with E-state index in [0.29, 0.717) is 20.7 Å². The van der Waals surface area contributed by atoms with Crippen molar-refractivity contribution < 1.29 is 4.39 Å². The van der Waals surface area contributed by atoms with E-state index in [0.717, 1.165) is 11.3 Å². The van der Waals surface area contributed by atoms with Crippen LogP contribution in [0.2, 0.25) is 0 Å². The van der Waals surface area contributed by atoms with E-state index in [-0.39, 0.29) is 5.82 Å². The first-order valence-electron chi connectivity index (χ1n) is 3.60. The van der Waals surface area contributed by atoms with Gasteiger partial charge in [-0.15, -0.1) is 11.3 Å². The summed E-state index contributed by atoms with van der Waals surface area (Å²) < 4.78 is 13.6. The number of hydrogen-bond donors (Lipinski definition) is 1. The Bertz CT molecular complexity index is 510. The summed E-state index contributed by atoms with van der Waals surface area (Å²) in [5, 5.41) is 9.73. The zero-order valence-electron chi connectivity index (χ0n) is 6.54. The van der Waals surface area contributed by atoms with E-state index in [1.807, 2.05) is 6.07 Å². The first-order chi connectivity index (χ1) is 6.24. The number of nitrogens with two attached hydrogens (primary N) is 1. The molecule has 0 aliphatic rings. The number of hydrogen-bond acceptors (Lipinski definition) is 3. The van der Waals surface area contributed by atoms with Gasteiger partial charge in [-0.05, 0) is 6.07 Å². The van der Waals surface area contributed by atoms with Gasteiger partial charge in [-0.25, -0.2) is 4.39 Å². The Balaban J connectivity index is 2.96. The first-order valence-corrected chi connectivity index (χ1v) is 4.42. The van der Waals surface area contributed by atoms with Crippen LogP contribution in [-0.4, -0.2) is 0 Å². The fraction of sp³-hybridized carbons (Fsp3) is 0. The Labute approximate surface area is 78.0 Å². The minimum Gasteiger partial charge on any atom is -0.389 e. The van der Waals surface area contributed by atoms with Crippen LogP contribution in [0.3, 0.4) is 0 Å². The number of benzene rings is 1. The van der Waals surface area contributed by atoms with Crippen LogP contribution >= 0.6 is 11.3 Å². The zero-order chi connectivity index (χ0) is 9.42. The van der Waals surface area contributed by atoms with Gasteiger partial charge in [0.05, 0.1) is 10.3 Å². The molecule has 2 aromatic rings. The molecule has 1 heterocycles. The lowest BCUT2D eigenvalue weighted by molar-refractivity contribution is 0.642. The first kappa shape index (κ1) is 8.02. The Morgan fingerprint density at radius 2 is 2.23 bits per heavy atom. The molecule has 0 aliphatic carbocycles. The highest BCUT2D eigenvalue weighted by Gasteiger charge is 2.11. The second-order valence-electron chi connectivity index (χ2n) is 2.57. The predicted octanol–water partition coefficient (Wildman–Crippen LogP) is 2.49. The summed E-state index contributed by atoms with van der Waals surface area (Å²) in [7, 11) is 0. The van der Waals surface area contributed by atoms with Gasteiger partial charge >= 0.3 is 0 Å². The summed E-state index contributed by atoms with van der Waals surface area (Å²) in [4.78, 5) is 0. The molecule has 2 rings (SSSR count). The molecule has 4 heteroatoms. The smallest absolute Gasteiger partial charge is 0.141 e. The minimum absolute atomic E-state index is 0.323. The van der Waals surface area contributed by atoms with E-state index in [1.54, 1.807) is 12.1 Å². The normalized spacial score (nSPS) is 10.2. The van der Waals surface area contributed by atoms with Crippen molar-refractivity contribution in [2.24, 2.45) is 0 Å². The molecule has 0 unspecified atom stereocenters. The molecule has 0 saturated heterocycles. The van der Waals surface area contributed by atoms with E-state index in [2.05, 4.69) is 0 Å². The second-order valence-corrected chi connectivity index (χ2v) is 3.62. The van der Waals surface area contributed by atoms with Crippen molar-refractivity contribution in [2.45, 2.75) is 0 Å². The average molecular weight is 192 g/mol. The summed E-state index contributed by atoms with van der Waals surface area (Å²) in [5.74, 6) is -0.323. The SMILES string of the molecule is N#Cc1c(N)sc2c(F)cccc12. The Hall–Kier alpha value is -1.60. The molecule has 0 radical (unpaired) electrons. The van der Waals surface area contributed by atoms with Crippen LogP contribution in [0.4, 0.5) is 9.39 Å². The largest absolute Gasteiger partial charge is 0.389 e. The molecule has 0 spiro atoms. The van der Waals surface area contributed by atoms with E-state index in [9.17, 15) is 4.39 Å². The fourth-order valence-electron chi connectivity index (χ4n) is 1.22. The van der Waals surface area contributed by atoms with Crippen molar-refractivity contribution in [3.05, 3.63) is 29.6 Å². The summed E-state index contributed by atoms with van der Waals surface area (Å²) in [6.45, 7) is 0. The van der Waals surface area contributed by atoms with E-state index >= 15 is 0 Å². The summed E-state index contributed by atoms with van der Waals surface area (Å²) in [5.41, 5.74) is 5.94. The van der Waals surface area contributed by atoms with Gasteiger partial charge in [0.2, 0.25) is 0 Å². The highest BCUT2D eigenvalue weighted by atomic mass is 32.1. The molecule has 0 fully saturated rings. The number of rotatable bonds is 0.